The first-order valence-corrected chi connectivity index (χ1v) is 7.73. The van der Waals surface area contributed by atoms with Crippen molar-refractivity contribution in [1.82, 2.24) is 10.2 Å². The van der Waals surface area contributed by atoms with Crippen LogP contribution in [0, 0.1) is 5.92 Å². The second-order valence-corrected chi connectivity index (χ2v) is 6.12. The molecule has 0 amide bonds. The molecule has 2 atom stereocenters. The van der Waals surface area contributed by atoms with E-state index in [2.05, 4.69) is 54.4 Å². The summed E-state index contributed by atoms with van der Waals surface area (Å²) in [6.45, 7) is 8.76. The number of likely N-dealkylation sites (tertiary alicyclic amines) is 1. The summed E-state index contributed by atoms with van der Waals surface area (Å²) < 4.78 is 5.51. The SMILES string of the molecule is COC1CCN(C(CNCC(C)C)c2ccccc2)C1. The molecule has 0 aliphatic carbocycles. The minimum Gasteiger partial charge on any atom is -0.380 e. The van der Waals surface area contributed by atoms with E-state index in [0.29, 0.717) is 18.1 Å². The summed E-state index contributed by atoms with van der Waals surface area (Å²) >= 11 is 0. The maximum Gasteiger partial charge on any atom is 0.0710 e. The lowest BCUT2D eigenvalue weighted by molar-refractivity contribution is 0.100. The smallest absolute Gasteiger partial charge is 0.0710 e. The van der Waals surface area contributed by atoms with Crippen LogP contribution in [0.25, 0.3) is 0 Å². The Hall–Kier alpha value is -0.900. The molecule has 1 saturated heterocycles. The van der Waals surface area contributed by atoms with Gasteiger partial charge < -0.3 is 10.1 Å². The second-order valence-electron chi connectivity index (χ2n) is 6.12. The van der Waals surface area contributed by atoms with Crippen LogP contribution in [-0.4, -0.2) is 44.3 Å². The van der Waals surface area contributed by atoms with E-state index in [1.807, 2.05) is 7.11 Å². The summed E-state index contributed by atoms with van der Waals surface area (Å²) in [5, 5.41) is 3.61. The highest BCUT2D eigenvalue weighted by Gasteiger charge is 2.28. The van der Waals surface area contributed by atoms with Crippen molar-refractivity contribution in [3.05, 3.63) is 35.9 Å². The zero-order valence-electron chi connectivity index (χ0n) is 13.0. The number of nitrogens with zero attached hydrogens (tertiary/aromatic N) is 1. The molecule has 3 heteroatoms. The monoisotopic (exact) mass is 276 g/mol. The van der Waals surface area contributed by atoms with E-state index in [0.717, 1.165) is 32.6 Å². The van der Waals surface area contributed by atoms with Gasteiger partial charge in [-0.2, -0.15) is 0 Å². The standard InChI is InChI=1S/C17H28N2O/c1-14(2)11-18-12-17(15-7-5-4-6-8-15)19-10-9-16(13-19)20-3/h4-8,14,16-18H,9-13H2,1-3H3. The van der Waals surface area contributed by atoms with Crippen LogP contribution in [0.1, 0.15) is 31.9 Å². The van der Waals surface area contributed by atoms with Crippen molar-refractivity contribution in [1.29, 1.82) is 0 Å². The molecule has 112 valence electrons. The van der Waals surface area contributed by atoms with Crippen LogP contribution in [-0.2, 0) is 4.74 Å². The fourth-order valence-corrected chi connectivity index (χ4v) is 2.87. The lowest BCUT2D eigenvalue weighted by Gasteiger charge is -2.29. The average Bonchev–Trinajstić information content (AvgIpc) is 2.93. The van der Waals surface area contributed by atoms with Crippen molar-refractivity contribution >= 4 is 0 Å². The Morgan fingerprint density at radius 2 is 2.00 bits per heavy atom. The summed E-state index contributed by atoms with van der Waals surface area (Å²) in [4.78, 5) is 2.55. The first-order valence-electron chi connectivity index (χ1n) is 7.73. The Morgan fingerprint density at radius 1 is 1.25 bits per heavy atom. The molecule has 1 heterocycles. The third-order valence-electron chi connectivity index (χ3n) is 4.03. The third kappa shape index (κ3) is 4.30. The molecular formula is C17H28N2O. The molecule has 1 aromatic carbocycles. The van der Waals surface area contributed by atoms with E-state index in [4.69, 9.17) is 4.74 Å². The maximum atomic E-state index is 5.51. The number of rotatable bonds is 7. The number of benzene rings is 1. The fourth-order valence-electron chi connectivity index (χ4n) is 2.87. The predicted octanol–water partition coefficient (Wildman–Crippen LogP) is 2.69. The molecule has 1 aliphatic heterocycles. The minimum atomic E-state index is 0.395. The maximum absolute atomic E-state index is 5.51. The molecule has 0 aromatic heterocycles. The quantitative estimate of drug-likeness (QED) is 0.828. The molecule has 1 fully saturated rings. The van der Waals surface area contributed by atoms with Crippen molar-refractivity contribution in [2.75, 3.05) is 33.3 Å². The Bertz CT molecular complexity index is 380. The normalized spacial score (nSPS) is 21.5. The zero-order chi connectivity index (χ0) is 14.4. The molecule has 1 aromatic rings. The van der Waals surface area contributed by atoms with Gasteiger partial charge in [-0.05, 0) is 24.4 Å². The summed E-state index contributed by atoms with van der Waals surface area (Å²) in [7, 11) is 1.82. The van der Waals surface area contributed by atoms with Crippen LogP contribution in [0.15, 0.2) is 30.3 Å². The van der Waals surface area contributed by atoms with Crippen LogP contribution in [0.2, 0.25) is 0 Å². The van der Waals surface area contributed by atoms with Crippen molar-refractivity contribution in [2.45, 2.75) is 32.4 Å². The average molecular weight is 276 g/mol. The van der Waals surface area contributed by atoms with Gasteiger partial charge in [-0.3, -0.25) is 4.90 Å². The van der Waals surface area contributed by atoms with Crippen molar-refractivity contribution in [3.63, 3.8) is 0 Å². The van der Waals surface area contributed by atoms with E-state index in [1.165, 1.54) is 5.56 Å². The molecule has 0 saturated carbocycles. The van der Waals surface area contributed by atoms with Gasteiger partial charge in [-0.25, -0.2) is 0 Å². The van der Waals surface area contributed by atoms with Gasteiger partial charge in [-0.1, -0.05) is 44.2 Å². The number of ether oxygens (including phenoxy) is 1. The molecule has 0 bridgehead atoms. The third-order valence-corrected chi connectivity index (χ3v) is 4.03. The van der Waals surface area contributed by atoms with Gasteiger partial charge in [0, 0.05) is 32.8 Å². The largest absolute Gasteiger partial charge is 0.380 e. The zero-order valence-corrected chi connectivity index (χ0v) is 13.0. The lowest BCUT2D eigenvalue weighted by atomic mass is 10.1. The highest BCUT2D eigenvalue weighted by molar-refractivity contribution is 5.20. The first kappa shape index (κ1) is 15.5. The molecule has 1 N–H and O–H groups in total. The van der Waals surface area contributed by atoms with Crippen molar-refractivity contribution < 1.29 is 4.74 Å². The molecule has 1 aliphatic rings. The van der Waals surface area contributed by atoms with E-state index in [9.17, 15) is 0 Å². The van der Waals surface area contributed by atoms with Crippen LogP contribution in [0.3, 0.4) is 0 Å². The van der Waals surface area contributed by atoms with E-state index in [1.54, 1.807) is 0 Å². The van der Waals surface area contributed by atoms with Gasteiger partial charge in [0.15, 0.2) is 0 Å². The number of methoxy groups -OCH3 is 1. The minimum absolute atomic E-state index is 0.395. The van der Waals surface area contributed by atoms with Crippen LogP contribution in [0.5, 0.6) is 0 Å². The van der Waals surface area contributed by atoms with Gasteiger partial charge in [0.2, 0.25) is 0 Å². The van der Waals surface area contributed by atoms with Gasteiger partial charge in [0.1, 0.15) is 0 Å². The molecule has 3 nitrogen and oxygen atoms in total. The topological polar surface area (TPSA) is 24.5 Å². The number of hydrogen-bond donors (Lipinski definition) is 1. The Labute approximate surface area is 123 Å². The Balaban J connectivity index is 2.01. The van der Waals surface area contributed by atoms with Crippen molar-refractivity contribution in [2.24, 2.45) is 5.92 Å². The van der Waals surface area contributed by atoms with Gasteiger partial charge in [-0.15, -0.1) is 0 Å². The van der Waals surface area contributed by atoms with Crippen LogP contribution < -0.4 is 5.32 Å². The number of nitrogens with one attached hydrogen (secondary N) is 1. The lowest BCUT2D eigenvalue weighted by Crippen LogP contribution is -2.36. The highest BCUT2D eigenvalue weighted by atomic mass is 16.5. The first-order chi connectivity index (χ1) is 9.70. The molecule has 0 spiro atoms. The summed E-state index contributed by atoms with van der Waals surface area (Å²) in [5.41, 5.74) is 1.40. The molecule has 2 unspecified atom stereocenters. The van der Waals surface area contributed by atoms with E-state index >= 15 is 0 Å². The molecule has 2 rings (SSSR count). The summed E-state index contributed by atoms with van der Waals surface area (Å²) in [6, 6.07) is 11.3. The van der Waals surface area contributed by atoms with Crippen LogP contribution in [0.4, 0.5) is 0 Å². The van der Waals surface area contributed by atoms with Gasteiger partial charge in [0.25, 0.3) is 0 Å². The molecule has 20 heavy (non-hydrogen) atoms. The van der Waals surface area contributed by atoms with Gasteiger partial charge >= 0.3 is 0 Å². The highest BCUT2D eigenvalue weighted by Crippen LogP contribution is 2.25. The fraction of sp³-hybridized carbons (Fsp3) is 0.647. The van der Waals surface area contributed by atoms with Crippen LogP contribution >= 0.6 is 0 Å². The van der Waals surface area contributed by atoms with Crippen molar-refractivity contribution in [3.8, 4) is 0 Å². The molecular weight excluding hydrogens is 248 g/mol. The summed E-state index contributed by atoms with van der Waals surface area (Å²) in [6.07, 6.45) is 1.54. The Kier molecular flexibility index (Phi) is 6.02. The number of hydrogen-bond acceptors (Lipinski definition) is 3. The van der Waals surface area contributed by atoms with Gasteiger partial charge in [0.05, 0.1) is 6.10 Å². The summed E-state index contributed by atoms with van der Waals surface area (Å²) in [5.74, 6) is 0.691. The van der Waals surface area contributed by atoms with E-state index < -0.39 is 0 Å². The Morgan fingerprint density at radius 3 is 2.60 bits per heavy atom. The molecule has 0 radical (unpaired) electrons. The predicted molar refractivity (Wildman–Crippen MR) is 83.9 cm³/mol. The second kappa shape index (κ2) is 7.77. The van der Waals surface area contributed by atoms with E-state index in [-0.39, 0.29) is 0 Å².